The maximum atomic E-state index is 8.93. The number of benzene rings is 2. The molecule has 0 saturated carbocycles. The maximum absolute atomic E-state index is 8.93. The van der Waals surface area contributed by atoms with Crippen molar-refractivity contribution in [3.05, 3.63) is 59.2 Å². The van der Waals surface area contributed by atoms with E-state index in [0.29, 0.717) is 11.6 Å². The highest BCUT2D eigenvalue weighted by Crippen LogP contribution is 2.27. The molecule has 1 unspecified atom stereocenters. The van der Waals surface area contributed by atoms with Crippen LogP contribution in [0.2, 0.25) is 0 Å². The summed E-state index contributed by atoms with van der Waals surface area (Å²) in [5.41, 5.74) is 2.99. The van der Waals surface area contributed by atoms with Crippen molar-refractivity contribution in [1.29, 1.82) is 5.26 Å². The first-order valence-corrected chi connectivity index (χ1v) is 7.59. The fourth-order valence-corrected chi connectivity index (χ4v) is 2.48. The Morgan fingerprint density at radius 3 is 2.52 bits per heavy atom. The van der Waals surface area contributed by atoms with Gasteiger partial charge in [-0.1, -0.05) is 18.2 Å². The van der Waals surface area contributed by atoms with E-state index in [9.17, 15) is 0 Å². The summed E-state index contributed by atoms with van der Waals surface area (Å²) < 4.78 is 10.6. The second kappa shape index (κ2) is 8.21. The van der Waals surface area contributed by atoms with Crippen molar-refractivity contribution in [3.63, 3.8) is 0 Å². The highest BCUT2D eigenvalue weighted by atomic mass is 16.5. The normalized spacial score (nSPS) is 11.6. The molecular formula is C19H22N2O2. The molecule has 4 heteroatoms. The van der Waals surface area contributed by atoms with Gasteiger partial charge in [0.05, 0.1) is 25.9 Å². The maximum Gasteiger partial charge on any atom is 0.160 e. The van der Waals surface area contributed by atoms with Crippen LogP contribution in [0.4, 0.5) is 0 Å². The van der Waals surface area contributed by atoms with Crippen LogP contribution in [0.15, 0.2) is 42.5 Å². The summed E-state index contributed by atoms with van der Waals surface area (Å²) in [4.78, 5) is 0. The summed E-state index contributed by atoms with van der Waals surface area (Å²) in [5.74, 6) is 1.49. The molecule has 4 nitrogen and oxygen atoms in total. The molecule has 0 aliphatic rings. The molecule has 0 spiro atoms. The van der Waals surface area contributed by atoms with E-state index in [2.05, 4.69) is 24.4 Å². The predicted octanol–water partition coefficient (Wildman–Crippen LogP) is 3.30. The molecule has 0 saturated heterocycles. The Balaban J connectivity index is 1.94. The van der Waals surface area contributed by atoms with Crippen LogP contribution in [-0.2, 0) is 13.0 Å². The average Bonchev–Trinajstić information content (AvgIpc) is 2.60. The van der Waals surface area contributed by atoms with Gasteiger partial charge in [-0.05, 0) is 48.7 Å². The standard InChI is InChI=1S/C19H22N2O2/c1-14(21-13-17-6-4-5-16(10-17)12-20)9-15-7-8-18(22-2)19(11-15)23-3/h4-8,10-11,14,21H,9,13H2,1-3H3. The first-order valence-electron chi connectivity index (χ1n) is 7.59. The van der Waals surface area contributed by atoms with Crippen molar-refractivity contribution in [2.24, 2.45) is 0 Å². The summed E-state index contributed by atoms with van der Waals surface area (Å²) in [6.45, 7) is 2.88. The van der Waals surface area contributed by atoms with Crippen LogP contribution in [0.1, 0.15) is 23.6 Å². The minimum absolute atomic E-state index is 0.304. The van der Waals surface area contributed by atoms with Crippen molar-refractivity contribution in [2.75, 3.05) is 14.2 Å². The molecule has 0 fully saturated rings. The van der Waals surface area contributed by atoms with Crippen LogP contribution >= 0.6 is 0 Å². The fraction of sp³-hybridized carbons (Fsp3) is 0.316. The molecule has 0 aromatic heterocycles. The Hall–Kier alpha value is -2.51. The van der Waals surface area contributed by atoms with Gasteiger partial charge in [-0.3, -0.25) is 0 Å². The molecule has 2 aromatic carbocycles. The molecule has 120 valence electrons. The summed E-state index contributed by atoms with van der Waals surface area (Å²) in [6.07, 6.45) is 0.887. The molecule has 0 amide bonds. The summed E-state index contributed by atoms with van der Waals surface area (Å²) in [5, 5.41) is 12.4. The van der Waals surface area contributed by atoms with Gasteiger partial charge in [0.2, 0.25) is 0 Å². The van der Waals surface area contributed by atoms with Gasteiger partial charge in [0.15, 0.2) is 11.5 Å². The van der Waals surface area contributed by atoms with Gasteiger partial charge in [-0.25, -0.2) is 0 Å². The van der Waals surface area contributed by atoms with Crippen molar-refractivity contribution >= 4 is 0 Å². The highest BCUT2D eigenvalue weighted by Gasteiger charge is 2.08. The van der Waals surface area contributed by atoms with E-state index >= 15 is 0 Å². The van der Waals surface area contributed by atoms with Gasteiger partial charge in [-0.15, -0.1) is 0 Å². The molecule has 23 heavy (non-hydrogen) atoms. The Morgan fingerprint density at radius 1 is 1.04 bits per heavy atom. The largest absolute Gasteiger partial charge is 0.493 e. The Morgan fingerprint density at radius 2 is 1.83 bits per heavy atom. The van der Waals surface area contributed by atoms with Gasteiger partial charge in [-0.2, -0.15) is 5.26 Å². The van der Waals surface area contributed by atoms with E-state index in [4.69, 9.17) is 14.7 Å². The van der Waals surface area contributed by atoms with Crippen molar-refractivity contribution < 1.29 is 9.47 Å². The van der Waals surface area contributed by atoms with Crippen molar-refractivity contribution in [2.45, 2.75) is 25.9 Å². The summed E-state index contributed by atoms with van der Waals surface area (Å²) in [6, 6.07) is 16.1. The lowest BCUT2D eigenvalue weighted by Crippen LogP contribution is -2.27. The van der Waals surface area contributed by atoms with E-state index in [1.165, 1.54) is 5.56 Å². The minimum Gasteiger partial charge on any atom is -0.493 e. The number of ether oxygens (including phenoxy) is 2. The molecule has 1 atom stereocenters. The number of nitrogens with zero attached hydrogens (tertiary/aromatic N) is 1. The molecule has 0 radical (unpaired) electrons. The quantitative estimate of drug-likeness (QED) is 0.852. The lowest BCUT2D eigenvalue weighted by atomic mass is 10.1. The first-order chi connectivity index (χ1) is 11.2. The highest BCUT2D eigenvalue weighted by molar-refractivity contribution is 5.43. The molecule has 0 aliphatic carbocycles. The molecule has 0 bridgehead atoms. The van der Waals surface area contributed by atoms with Crippen molar-refractivity contribution in [3.8, 4) is 17.6 Å². The molecule has 2 aromatic rings. The monoisotopic (exact) mass is 310 g/mol. The number of nitriles is 1. The van der Waals surface area contributed by atoms with Crippen LogP contribution in [-0.4, -0.2) is 20.3 Å². The summed E-state index contributed by atoms with van der Waals surface area (Å²) in [7, 11) is 3.28. The van der Waals surface area contributed by atoms with Gasteiger partial charge in [0, 0.05) is 12.6 Å². The number of rotatable bonds is 7. The lowest BCUT2D eigenvalue weighted by Gasteiger charge is -2.15. The molecule has 0 aliphatic heterocycles. The SMILES string of the molecule is COc1ccc(CC(C)NCc2cccc(C#N)c2)cc1OC. The van der Waals surface area contributed by atoms with Crippen LogP contribution < -0.4 is 14.8 Å². The first kappa shape index (κ1) is 16.9. The zero-order valence-electron chi connectivity index (χ0n) is 13.8. The zero-order chi connectivity index (χ0) is 16.7. The zero-order valence-corrected chi connectivity index (χ0v) is 13.8. The molecule has 2 rings (SSSR count). The molecular weight excluding hydrogens is 288 g/mol. The summed E-state index contributed by atoms with van der Waals surface area (Å²) >= 11 is 0. The Labute approximate surface area is 137 Å². The van der Waals surface area contributed by atoms with Crippen LogP contribution in [0.5, 0.6) is 11.5 Å². The number of hydrogen-bond acceptors (Lipinski definition) is 4. The predicted molar refractivity (Wildman–Crippen MR) is 90.7 cm³/mol. The smallest absolute Gasteiger partial charge is 0.160 e. The van der Waals surface area contributed by atoms with Gasteiger partial charge < -0.3 is 14.8 Å². The number of hydrogen-bond donors (Lipinski definition) is 1. The van der Waals surface area contributed by atoms with Gasteiger partial charge in [0.1, 0.15) is 0 Å². The van der Waals surface area contributed by atoms with Gasteiger partial charge >= 0.3 is 0 Å². The van der Waals surface area contributed by atoms with Gasteiger partial charge in [0.25, 0.3) is 0 Å². The Bertz CT molecular complexity index is 692. The van der Waals surface area contributed by atoms with Crippen LogP contribution in [0.25, 0.3) is 0 Å². The van der Waals surface area contributed by atoms with E-state index in [1.807, 2.05) is 36.4 Å². The average molecular weight is 310 g/mol. The van der Waals surface area contributed by atoms with E-state index in [0.717, 1.165) is 30.0 Å². The number of nitrogens with one attached hydrogen (secondary N) is 1. The third kappa shape index (κ3) is 4.73. The Kier molecular flexibility index (Phi) is 6.02. The lowest BCUT2D eigenvalue weighted by molar-refractivity contribution is 0.354. The van der Waals surface area contributed by atoms with E-state index in [-0.39, 0.29) is 0 Å². The van der Waals surface area contributed by atoms with Crippen LogP contribution in [0.3, 0.4) is 0 Å². The minimum atomic E-state index is 0.304. The topological polar surface area (TPSA) is 54.3 Å². The molecule has 0 heterocycles. The third-order valence-corrected chi connectivity index (χ3v) is 3.70. The van der Waals surface area contributed by atoms with Crippen molar-refractivity contribution in [1.82, 2.24) is 5.32 Å². The number of methoxy groups -OCH3 is 2. The molecule has 1 N–H and O–H groups in total. The fourth-order valence-electron chi connectivity index (χ4n) is 2.48. The van der Waals surface area contributed by atoms with Crippen LogP contribution in [0, 0.1) is 11.3 Å². The second-order valence-electron chi connectivity index (χ2n) is 5.49. The third-order valence-electron chi connectivity index (χ3n) is 3.70. The van der Waals surface area contributed by atoms with E-state index in [1.54, 1.807) is 14.2 Å². The second-order valence-corrected chi connectivity index (χ2v) is 5.49. The van der Waals surface area contributed by atoms with E-state index < -0.39 is 0 Å².